The first-order valence-electron chi connectivity index (χ1n) is 11.4. The van der Waals surface area contributed by atoms with Crippen molar-refractivity contribution in [3.8, 4) is 0 Å². The van der Waals surface area contributed by atoms with E-state index in [1.807, 2.05) is 6.07 Å². The summed E-state index contributed by atoms with van der Waals surface area (Å²) in [6.45, 7) is 4.92. The van der Waals surface area contributed by atoms with E-state index in [4.69, 9.17) is 0 Å². The number of rotatable bonds is 1. The molecule has 4 fully saturated rings. The minimum absolute atomic E-state index is 0.114. The highest BCUT2D eigenvalue weighted by Gasteiger charge is 2.60. The molecule has 0 heterocycles. The summed E-state index contributed by atoms with van der Waals surface area (Å²) in [5, 5.41) is 0. The number of halogens is 1. The van der Waals surface area contributed by atoms with Crippen LogP contribution in [-0.2, 0) is 4.79 Å². The van der Waals surface area contributed by atoms with E-state index in [0.717, 1.165) is 46.2 Å². The molecule has 28 heavy (non-hydrogen) atoms. The second kappa shape index (κ2) is 6.83. The standard InChI is InChI=1S/C26H33BrO/c1-25-12-4-3-7-19(25)9-10-21-22(25)11-13-26(2)23(21)16-18(24(26)28)14-17-6-5-8-20(27)15-17/h5-6,8,14-15,19,21-23H,3-4,7,9-13,16H2,1-2H3/b18-14-/t19-,21-,22-,23+,25-,26-/m0/s1. The third-order valence-corrected chi connectivity index (χ3v) is 9.91. The van der Waals surface area contributed by atoms with E-state index in [-0.39, 0.29) is 5.41 Å². The van der Waals surface area contributed by atoms with Gasteiger partial charge in [0, 0.05) is 9.89 Å². The summed E-state index contributed by atoms with van der Waals surface area (Å²) >= 11 is 3.57. The van der Waals surface area contributed by atoms with Crippen LogP contribution in [0.4, 0.5) is 0 Å². The van der Waals surface area contributed by atoms with Crippen molar-refractivity contribution < 1.29 is 4.79 Å². The van der Waals surface area contributed by atoms with E-state index in [1.54, 1.807) is 0 Å². The first kappa shape index (κ1) is 19.1. The van der Waals surface area contributed by atoms with E-state index >= 15 is 0 Å². The second-order valence-corrected chi connectivity index (χ2v) is 11.5. The van der Waals surface area contributed by atoms with E-state index in [0.29, 0.717) is 17.1 Å². The molecule has 6 atom stereocenters. The van der Waals surface area contributed by atoms with Crippen molar-refractivity contribution in [3.63, 3.8) is 0 Å². The van der Waals surface area contributed by atoms with Gasteiger partial charge in [0.05, 0.1) is 0 Å². The Hall–Kier alpha value is -0.890. The third kappa shape index (κ3) is 2.81. The number of fused-ring (bicyclic) bond motifs is 5. The van der Waals surface area contributed by atoms with Gasteiger partial charge in [0.25, 0.3) is 0 Å². The Kier molecular flexibility index (Phi) is 4.66. The second-order valence-electron chi connectivity index (χ2n) is 10.6. The maximum Gasteiger partial charge on any atom is 0.165 e. The molecule has 0 unspecified atom stereocenters. The van der Waals surface area contributed by atoms with Crippen LogP contribution in [0.5, 0.6) is 0 Å². The third-order valence-electron chi connectivity index (χ3n) is 9.41. The summed E-state index contributed by atoms with van der Waals surface area (Å²) in [7, 11) is 0. The van der Waals surface area contributed by atoms with E-state index in [9.17, 15) is 4.79 Å². The molecule has 2 heteroatoms. The number of carbonyl (C=O) groups is 1. The molecule has 0 aliphatic heterocycles. The maximum absolute atomic E-state index is 13.5. The Morgan fingerprint density at radius 3 is 2.71 bits per heavy atom. The van der Waals surface area contributed by atoms with Gasteiger partial charge in [-0.05, 0) is 103 Å². The molecule has 0 saturated heterocycles. The topological polar surface area (TPSA) is 17.1 Å². The summed E-state index contributed by atoms with van der Waals surface area (Å²) < 4.78 is 1.08. The normalized spacial score (nSPS) is 44.1. The fraction of sp³-hybridized carbons (Fsp3) is 0.654. The largest absolute Gasteiger partial charge is 0.294 e. The summed E-state index contributed by atoms with van der Waals surface area (Å²) in [6.07, 6.45) is 14.1. The van der Waals surface area contributed by atoms with Crippen LogP contribution in [0.2, 0.25) is 0 Å². The van der Waals surface area contributed by atoms with Crippen LogP contribution in [0.25, 0.3) is 6.08 Å². The molecule has 4 aliphatic carbocycles. The molecule has 0 aromatic heterocycles. The van der Waals surface area contributed by atoms with Gasteiger partial charge >= 0.3 is 0 Å². The summed E-state index contributed by atoms with van der Waals surface area (Å²) in [4.78, 5) is 13.5. The lowest BCUT2D eigenvalue weighted by atomic mass is 9.45. The average Bonchev–Trinajstić information content (AvgIpc) is 2.92. The Morgan fingerprint density at radius 2 is 1.89 bits per heavy atom. The maximum atomic E-state index is 13.5. The SMILES string of the molecule is C[C@]12CCCC[C@H]1CC[C@@H]1[C@H]3C/C(=C/c4cccc(Br)c4)C(=O)[C@@]3(C)CC[C@@H]12. The van der Waals surface area contributed by atoms with Gasteiger partial charge in [-0.2, -0.15) is 0 Å². The Balaban J connectivity index is 1.46. The first-order chi connectivity index (χ1) is 13.4. The minimum atomic E-state index is -0.114. The van der Waals surface area contributed by atoms with Crippen molar-refractivity contribution in [1.29, 1.82) is 0 Å². The monoisotopic (exact) mass is 440 g/mol. The molecule has 0 amide bonds. The van der Waals surface area contributed by atoms with Crippen molar-refractivity contribution in [2.24, 2.45) is 34.5 Å². The van der Waals surface area contributed by atoms with Crippen LogP contribution >= 0.6 is 15.9 Å². The highest BCUT2D eigenvalue weighted by molar-refractivity contribution is 9.10. The Labute approximate surface area is 178 Å². The minimum Gasteiger partial charge on any atom is -0.294 e. The van der Waals surface area contributed by atoms with Crippen LogP contribution in [-0.4, -0.2) is 5.78 Å². The molecular weight excluding hydrogens is 408 g/mol. The zero-order chi connectivity index (χ0) is 19.5. The van der Waals surface area contributed by atoms with Gasteiger partial charge < -0.3 is 0 Å². The van der Waals surface area contributed by atoms with E-state index in [2.05, 4.69) is 54.1 Å². The number of allylic oxidation sites excluding steroid dienone is 1. The Bertz CT molecular complexity index is 825. The van der Waals surface area contributed by atoms with Crippen molar-refractivity contribution in [3.05, 3.63) is 39.9 Å². The van der Waals surface area contributed by atoms with Crippen LogP contribution in [0.15, 0.2) is 34.3 Å². The number of Topliss-reactive ketones (excluding diaryl/α,β-unsaturated/α-hetero) is 1. The van der Waals surface area contributed by atoms with Crippen LogP contribution in [0.1, 0.15) is 77.2 Å². The molecule has 150 valence electrons. The van der Waals surface area contributed by atoms with Crippen LogP contribution in [0, 0.1) is 34.5 Å². The lowest BCUT2D eigenvalue weighted by Crippen LogP contribution is -2.52. The van der Waals surface area contributed by atoms with Crippen molar-refractivity contribution in [1.82, 2.24) is 0 Å². The molecule has 4 saturated carbocycles. The van der Waals surface area contributed by atoms with Crippen LogP contribution < -0.4 is 0 Å². The highest BCUT2D eigenvalue weighted by atomic mass is 79.9. The molecule has 0 N–H and O–H groups in total. The number of hydrogen-bond donors (Lipinski definition) is 0. The molecule has 0 radical (unpaired) electrons. The fourth-order valence-electron chi connectivity index (χ4n) is 7.89. The van der Waals surface area contributed by atoms with Gasteiger partial charge in [-0.25, -0.2) is 0 Å². The van der Waals surface area contributed by atoms with Crippen molar-refractivity contribution >= 4 is 27.8 Å². The molecule has 1 nitrogen and oxygen atoms in total. The first-order valence-corrected chi connectivity index (χ1v) is 12.2. The number of hydrogen-bond acceptors (Lipinski definition) is 1. The fourth-order valence-corrected chi connectivity index (χ4v) is 8.31. The van der Waals surface area contributed by atoms with Gasteiger partial charge in [-0.3, -0.25) is 4.79 Å². The summed E-state index contributed by atoms with van der Waals surface area (Å²) in [5.74, 6) is 3.57. The molecule has 5 rings (SSSR count). The van der Waals surface area contributed by atoms with Gasteiger partial charge in [-0.1, -0.05) is 54.8 Å². The van der Waals surface area contributed by atoms with Gasteiger partial charge in [0.1, 0.15) is 0 Å². The number of ketones is 1. The molecule has 4 aliphatic rings. The van der Waals surface area contributed by atoms with Gasteiger partial charge in [0.15, 0.2) is 5.78 Å². The zero-order valence-electron chi connectivity index (χ0n) is 17.3. The smallest absolute Gasteiger partial charge is 0.165 e. The summed E-state index contributed by atoms with van der Waals surface area (Å²) in [6, 6.07) is 8.35. The lowest BCUT2D eigenvalue weighted by Gasteiger charge is -2.59. The molecule has 1 aromatic carbocycles. The van der Waals surface area contributed by atoms with Crippen molar-refractivity contribution in [2.45, 2.75) is 71.6 Å². The van der Waals surface area contributed by atoms with Gasteiger partial charge in [0.2, 0.25) is 0 Å². The van der Waals surface area contributed by atoms with E-state index < -0.39 is 0 Å². The lowest BCUT2D eigenvalue weighted by molar-refractivity contribution is -0.137. The van der Waals surface area contributed by atoms with Crippen LogP contribution in [0.3, 0.4) is 0 Å². The van der Waals surface area contributed by atoms with E-state index in [1.165, 1.54) is 44.9 Å². The highest BCUT2D eigenvalue weighted by Crippen LogP contribution is 2.66. The molecule has 1 aromatic rings. The predicted molar refractivity (Wildman–Crippen MR) is 119 cm³/mol. The quantitative estimate of drug-likeness (QED) is 0.414. The number of carbonyl (C=O) groups excluding carboxylic acids is 1. The predicted octanol–water partition coefficient (Wildman–Crippen LogP) is 7.44. The van der Waals surface area contributed by atoms with Gasteiger partial charge in [-0.15, -0.1) is 0 Å². The van der Waals surface area contributed by atoms with Crippen molar-refractivity contribution in [2.75, 3.05) is 0 Å². The molecular formula is C26H33BrO. The Morgan fingerprint density at radius 1 is 1.04 bits per heavy atom. The zero-order valence-corrected chi connectivity index (χ0v) is 18.9. The summed E-state index contributed by atoms with van der Waals surface area (Å²) in [5.41, 5.74) is 2.67. The molecule has 0 bridgehead atoms. The average molecular weight is 441 g/mol. The number of benzene rings is 1. The molecule has 0 spiro atoms.